The average Bonchev–Trinajstić information content (AvgIpc) is 2.38. The lowest BCUT2D eigenvalue weighted by atomic mass is 10.1. The second-order valence-electron chi connectivity index (χ2n) is 3.89. The van der Waals surface area contributed by atoms with Gasteiger partial charge in [-0.15, -0.1) is 0 Å². The molecule has 0 aromatic heterocycles. The summed E-state index contributed by atoms with van der Waals surface area (Å²) in [4.78, 5) is 12.0. The van der Waals surface area contributed by atoms with E-state index in [1.807, 2.05) is 25.1 Å². The molecule has 0 aliphatic carbocycles. The monoisotopic (exact) mass is 236 g/mol. The molecular formula is C13H20N2O2. The van der Waals surface area contributed by atoms with Gasteiger partial charge in [0.05, 0.1) is 5.56 Å². The van der Waals surface area contributed by atoms with Gasteiger partial charge in [-0.1, -0.05) is 19.1 Å². The third-order valence-corrected chi connectivity index (χ3v) is 2.75. The quantitative estimate of drug-likeness (QED) is 0.703. The number of aliphatic hydroxyl groups is 1. The summed E-state index contributed by atoms with van der Waals surface area (Å²) in [5.41, 5.74) is 1.44. The standard InChI is InChI=1S/C13H20N2O2/c1-3-10(8-9-16)15-13(17)11-6-4-5-7-12(11)14-2/h4-7,10,14,16H,3,8-9H2,1-2H3,(H,15,17). The van der Waals surface area contributed by atoms with Gasteiger partial charge in [-0.3, -0.25) is 4.79 Å². The van der Waals surface area contributed by atoms with Crippen LogP contribution in [0.2, 0.25) is 0 Å². The summed E-state index contributed by atoms with van der Waals surface area (Å²) in [6, 6.07) is 7.39. The molecule has 0 aliphatic heterocycles. The topological polar surface area (TPSA) is 61.4 Å². The SMILES string of the molecule is CCC(CCO)NC(=O)c1ccccc1NC. The molecule has 0 spiro atoms. The van der Waals surface area contributed by atoms with Crippen molar-refractivity contribution in [2.45, 2.75) is 25.8 Å². The summed E-state index contributed by atoms with van der Waals surface area (Å²) in [5.74, 6) is -0.102. The molecule has 1 aromatic carbocycles. The number of carbonyl (C=O) groups is 1. The Morgan fingerprint density at radius 1 is 1.41 bits per heavy atom. The maximum atomic E-state index is 12.0. The molecule has 0 fully saturated rings. The molecule has 0 aliphatic rings. The lowest BCUT2D eigenvalue weighted by Crippen LogP contribution is -2.35. The lowest BCUT2D eigenvalue weighted by molar-refractivity contribution is 0.0930. The van der Waals surface area contributed by atoms with Crippen LogP contribution < -0.4 is 10.6 Å². The summed E-state index contributed by atoms with van der Waals surface area (Å²) in [6.45, 7) is 2.08. The molecule has 0 bridgehead atoms. The molecule has 4 nitrogen and oxygen atoms in total. The predicted octanol–water partition coefficient (Wildman–Crippen LogP) is 1.62. The first-order chi connectivity index (χ1) is 8.22. The molecule has 1 rings (SSSR count). The number of para-hydroxylation sites is 1. The van der Waals surface area contributed by atoms with Gasteiger partial charge in [0, 0.05) is 25.4 Å². The minimum absolute atomic E-state index is 0.0254. The number of anilines is 1. The van der Waals surface area contributed by atoms with E-state index in [9.17, 15) is 4.79 Å². The van der Waals surface area contributed by atoms with Crippen molar-refractivity contribution in [2.24, 2.45) is 0 Å². The van der Waals surface area contributed by atoms with Gasteiger partial charge in [-0.2, -0.15) is 0 Å². The van der Waals surface area contributed by atoms with Crippen LogP contribution in [0.1, 0.15) is 30.1 Å². The number of aliphatic hydroxyl groups excluding tert-OH is 1. The van der Waals surface area contributed by atoms with Gasteiger partial charge in [0.1, 0.15) is 0 Å². The summed E-state index contributed by atoms with van der Waals surface area (Å²) in [7, 11) is 1.79. The third-order valence-electron chi connectivity index (χ3n) is 2.75. The molecule has 0 radical (unpaired) electrons. The Labute approximate surface area is 102 Å². The minimum Gasteiger partial charge on any atom is -0.396 e. The Kier molecular flexibility index (Phi) is 5.49. The summed E-state index contributed by atoms with van der Waals surface area (Å²) < 4.78 is 0. The van der Waals surface area contributed by atoms with Gasteiger partial charge in [0.2, 0.25) is 0 Å². The van der Waals surface area contributed by atoms with Crippen LogP contribution >= 0.6 is 0 Å². The predicted molar refractivity (Wildman–Crippen MR) is 69.2 cm³/mol. The van der Waals surface area contributed by atoms with Crippen molar-refractivity contribution < 1.29 is 9.90 Å². The molecule has 1 amide bonds. The molecule has 1 aromatic rings. The second kappa shape index (κ2) is 6.91. The van der Waals surface area contributed by atoms with Crippen LogP contribution in [-0.4, -0.2) is 30.7 Å². The van der Waals surface area contributed by atoms with Crippen molar-refractivity contribution in [3.8, 4) is 0 Å². The largest absolute Gasteiger partial charge is 0.396 e. The normalized spacial score (nSPS) is 11.9. The van der Waals surface area contributed by atoms with Gasteiger partial charge in [-0.25, -0.2) is 0 Å². The van der Waals surface area contributed by atoms with Crippen molar-refractivity contribution in [3.05, 3.63) is 29.8 Å². The number of nitrogens with one attached hydrogen (secondary N) is 2. The van der Waals surface area contributed by atoms with Crippen LogP contribution in [0.25, 0.3) is 0 Å². The summed E-state index contributed by atoms with van der Waals surface area (Å²) in [5, 5.41) is 14.8. The van der Waals surface area contributed by atoms with Crippen LogP contribution in [0.15, 0.2) is 24.3 Å². The molecule has 1 atom stereocenters. The fourth-order valence-corrected chi connectivity index (χ4v) is 1.70. The molecule has 4 heteroatoms. The van der Waals surface area contributed by atoms with E-state index in [1.54, 1.807) is 13.1 Å². The van der Waals surface area contributed by atoms with E-state index in [-0.39, 0.29) is 18.6 Å². The zero-order chi connectivity index (χ0) is 12.7. The first-order valence-electron chi connectivity index (χ1n) is 5.91. The third kappa shape index (κ3) is 3.75. The summed E-state index contributed by atoms with van der Waals surface area (Å²) in [6.07, 6.45) is 1.40. The first kappa shape index (κ1) is 13.5. The van der Waals surface area contributed by atoms with E-state index < -0.39 is 0 Å². The van der Waals surface area contributed by atoms with Crippen LogP contribution in [0.5, 0.6) is 0 Å². The first-order valence-corrected chi connectivity index (χ1v) is 5.91. The van der Waals surface area contributed by atoms with E-state index in [0.29, 0.717) is 12.0 Å². The molecule has 0 heterocycles. The molecule has 0 saturated heterocycles. The fourth-order valence-electron chi connectivity index (χ4n) is 1.70. The van der Waals surface area contributed by atoms with E-state index in [4.69, 9.17) is 5.11 Å². The van der Waals surface area contributed by atoms with Crippen molar-refractivity contribution in [1.82, 2.24) is 5.32 Å². The Morgan fingerprint density at radius 3 is 2.71 bits per heavy atom. The average molecular weight is 236 g/mol. The highest BCUT2D eigenvalue weighted by Gasteiger charge is 2.13. The number of amides is 1. The van der Waals surface area contributed by atoms with Crippen molar-refractivity contribution in [3.63, 3.8) is 0 Å². The van der Waals surface area contributed by atoms with E-state index in [1.165, 1.54) is 0 Å². The summed E-state index contributed by atoms with van der Waals surface area (Å²) >= 11 is 0. The van der Waals surface area contributed by atoms with Gasteiger partial charge >= 0.3 is 0 Å². The maximum absolute atomic E-state index is 12.0. The van der Waals surface area contributed by atoms with Crippen LogP contribution in [-0.2, 0) is 0 Å². The number of rotatable bonds is 6. The Morgan fingerprint density at radius 2 is 2.12 bits per heavy atom. The van der Waals surface area contributed by atoms with Crippen LogP contribution in [0.4, 0.5) is 5.69 Å². The molecule has 3 N–H and O–H groups in total. The number of carbonyl (C=O) groups excluding carboxylic acids is 1. The number of hydrogen-bond acceptors (Lipinski definition) is 3. The molecular weight excluding hydrogens is 216 g/mol. The molecule has 1 unspecified atom stereocenters. The van der Waals surface area contributed by atoms with Crippen LogP contribution in [0, 0.1) is 0 Å². The van der Waals surface area contributed by atoms with E-state index >= 15 is 0 Å². The minimum atomic E-state index is -0.102. The van der Waals surface area contributed by atoms with Gasteiger partial charge in [-0.05, 0) is 25.0 Å². The Balaban J connectivity index is 2.75. The number of hydrogen-bond donors (Lipinski definition) is 3. The van der Waals surface area contributed by atoms with Crippen molar-refractivity contribution in [2.75, 3.05) is 19.0 Å². The van der Waals surface area contributed by atoms with E-state index in [2.05, 4.69) is 10.6 Å². The molecule has 94 valence electrons. The molecule has 17 heavy (non-hydrogen) atoms. The lowest BCUT2D eigenvalue weighted by Gasteiger charge is -2.17. The molecule has 0 saturated carbocycles. The van der Waals surface area contributed by atoms with Crippen LogP contribution in [0.3, 0.4) is 0 Å². The highest BCUT2D eigenvalue weighted by atomic mass is 16.3. The van der Waals surface area contributed by atoms with E-state index in [0.717, 1.165) is 12.1 Å². The highest BCUT2D eigenvalue weighted by molar-refractivity contribution is 5.99. The van der Waals surface area contributed by atoms with Gasteiger partial charge in [0.15, 0.2) is 0 Å². The number of benzene rings is 1. The van der Waals surface area contributed by atoms with Crippen molar-refractivity contribution >= 4 is 11.6 Å². The smallest absolute Gasteiger partial charge is 0.253 e. The zero-order valence-electron chi connectivity index (χ0n) is 10.4. The Hall–Kier alpha value is -1.55. The zero-order valence-corrected chi connectivity index (χ0v) is 10.4. The maximum Gasteiger partial charge on any atom is 0.253 e. The second-order valence-corrected chi connectivity index (χ2v) is 3.89. The fraction of sp³-hybridized carbons (Fsp3) is 0.462. The highest BCUT2D eigenvalue weighted by Crippen LogP contribution is 2.14. The Bertz CT molecular complexity index is 366. The van der Waals surface area contributed by atoms with Crippen molar-refractivity contribution in [1.29, 1.82) is 0 Å². The van der Waals surface area contributed by atoms with Gasteiger partial charge in [0.25, 0.3) is 5.91 Å². The van der Waals surface area contributed by atoms with Gasteiger partial charge < -0.3 is 15.7 Å².